The van der Waals surface area contributed by atoms with Gasteiger partial charge in [-0.3, -0.25) is 8.98 Å². The molecule has 0 bridgehead atoms. The Morgan fingerprint density at radius 2 is 1.93 bits per heavy atom. The average Bonchev–Trinajstić information content (AvgIpc) is 2.62. The molecule has 1 heterocycles. The lowest BCUT2D eigenvalue weighted by atomic mass is 9.56. The molecule has 29 heavy (non-hydrogen) atoms. The van der Waals surface area contributed by atoms with Gasteiger partial charge in [0.2, 0.25) is 0 Å². The van der Waals surface area contributed by atoms with Crippen molar-refractivity contribution in [2.24, 2.45) is 5.41 Å². The van der Waals surface area contributed by atoms with Gasteiger partial charge in [-0.25, -0.2) is 4.39 Å². The van der Waals surface area contributed by atoms with E-state index in [1.54, 1.807) is 0 Å². The molecule has 1 N–H and O–H groups in total. The lowest BCUT2D eigenvalue weighted by Crippen LogP contribution is -2.72. The molecule has 1 unspecified atom stereocenters. The van der Waals surface area contributed by atoms with E-state index in [0.29, 0.717) is 31.7 Å². The Kier molecular flexibility index (Phi) is 5.18. The van der Waals surface area contributed by atoms with Crippen LogP contribution in [0.5, 0.6) is 5.75 Å². The number of benzene rings is 2. The molecule has 1 aliphatic heterocycles. The van der Waals surface area contributed by atoms with E-state index in [0.717, 1.165) is 11.8 Å². The summed E-state index contributed by atoms with van der Waals surface area (Å²) in [6.07, 6.45) is 1.49. The first-order valence-electron chi connectivity index (χ1n) is 9.38. The highest BCUT2D eigenvalue weighted by Gasteiger charge is 2.59. The molecule has 2 aromatic rings. The third kappa shape index (κ3) is 4.19. The smallest absolute Gasteiger partial charge is 0.264 e. The summed E-state index contributed by atoms with van der Waals surface area (Å²) in [4.78, 5) is 13.0. The second kappa shape index (κ2) is 7.51. The van der Waals surface area contributed by atoms with Gasteiger partial charge in [-0.2, -0.15) is 8.42 Å². The fourth-order valence-corrected chi connectivity index (χ4v) is 4.72. The highest BCUT2D eigenvalue weighted by molar-refractivity contribution is 7.86. The lowest BCUT2D eigenvalue weighted by molar-refractivity contribution is -0.0727. The predicted molar refractivity (Wildman–Crippen MR) is 105 cm³/mol. The zero-order chi connectivity index (χ0) is 20.6. The Morgan fingerprint density at radius 1 is 1.21 bits per heavy atom. The normalized spacial score (nSPS) is 25.9. The van der Waals surface area contributed by atoms with Crippen molar-refractivity contribution in [1.82, 2.24) is 5.32 Å². The molecule has 2 fully saturated rings. The van der Waals surface area contributed by atoms with Crippen LogP contribution in [0, 0.1) is 11.2 Å². The summed E-state index contributed by atoms with van der Waals surface area (Å²) in [5, 5.41) is 3.06. The molecule has 1 saturated heterocycles. The van der Waals surface area contributed by atoms with E-state index in [-0.39, 0.29) is 16.8 Å². The molecule has 0 amide bonds. The van der Waals surface area contributed by atoms with Crippen LogP contribution in [0.4, 0.5) is 4.39 Å². The Balaban J connectivity index is 1.43. The first-order chi connectivity index (χ1) is 13.8. The summed E-state index contributed by atoms with van der Waals surface area (Å²) in [7, 11) is -3.53. The zero-order valence-corrected chi connectivity index (χ0v) is 16.7. The molecule has 1 spiro atoms. The van der Waals surface area contributed by atoms with Crippen LogP contribution in [0.2, 0.25) is 0 Å². The van der Waals surface area contributed by atoms with Crippen molar-refractivity contribution in [3.8, 4) is 5.75 Å². The van der Waals surface area contributed by atoms with Crippen molar-refractivity contribution in [2.75, 3.05) is 12.8 Å². The average molecular weight is 419 g/mol. The van der Waals surface area contributed by atoms with Crippen LogP contribution in [0.1, 0.15) is 28.8 Å². The molecule has 1 atom stereocenters. The van der Waals surface area contributed by atoms with Crippen molar-refractivity contribution in [2.45, 2.75) is 31.6 Å². The minimum atomic E-state index is -3.53. The standard InChI is InChI=1S/C21H22FNO5S/c1-29(25,26)28-16-10-21(11-16)13-23-20(21)19(24)17-9-15(7-8-18(17)22)27-12-14-5-3-2-4-6-14/h2-9,16,20,23H,10-13H2,1H3. The molecule has 1 saturated carbocycles. The number of carbonyl (C=O) groups excluding carboxylic acids is 1. The summed E-state index contributed by atoms with van der Waals surface area (Å²) in [5.74, 6) is -0.537. The van der Waals surface area contributed by atoms with Crippen LogP contribution >= 0.6 is 0 Å². The number of carbonyl (C=O) groups is 1. The zero-order valence-electron chi connectivity index (χ0n) is 15.9. The maximum Gasteiger partial charge on any atom is 0.264 e. The van der Waals surface area contributed by atoms with Crippen molar-refractivity contribution in [3.63, 3.8) is 0 Å². The molecule has 4 rings (SSSR count). The third-order valence-electron chi connectivity index (χ3n) is 5.56. The number of hydrogen-bond donors (Lipinski definition) is 1. The first-order valence-corrected chi connectivity index (χ1v) is 11.2. The van der Waals surface area contributed by atoms with Gasteiger partial charge in [0, 0.05) is 12.0 Å². The monoisotopic (exact) mass is 419 g/mol. The fraction of sp³-hybridized carbons (Fsp3) is 0.381. The van der Waals surface area contributed by atoms with Crippen molar-refractivity contribution < 1.29 is 26.5 Å². The van der Waals surface area contributed by atoms with Gasteiger partial charge in [0.25, 0.3) is 10.1 Å². The van der Waals surface area contributed by atoms with Crippen molar-refractivity contribution in [3.05, 3.63) is 65.5 Å². The fourth-order valence-electron chi connectivity index (χ4n) is 4.09. The minimum absolute atomic E-state index is 0.0281. The van der Waals surface area contributed by atoms with Gasteiger partial charge < -0.3 is 10.1 Å². The van der Waals surface area contributed by atoms with E-state index < -0.39 is 28.1 Å². The van der Waals surface area contributed by atoms with Crippen LogP contribution in [0.3, 0.4) is 0 Å². The third-order valence-corrected chi connectivity index (χ3v) is 6.19. The number of ketones is 1. The van der Waals surface area contributed by atoms with Gasteiger partial charge in [0.05, 0.1) is 24.0 Å². The molecular formula is C21H22FNO5S. The Morgan fingerprint density at radius 3 is 2.55 bits per heavy atom. The molecule has 8 heteroatoms. The Labute approximate surface area is 169 Å². The lowest BCUT2D eigenvalue weighted by Gasteiger charge is -2.58. The number of halogens is 1. The predicted octanol–water partition coefficient (Wildman–Crippen LogP) is 2.68. The van der Waals surface area contributed by atoms with Crippen LogP contribution < -0.4 is 10.1 Å². The molecule has 2 aromatic carbocycles. The van der Waals surface area contributed by atoms with E-state index in [1.807, 2.05) is 30.3 Å². The molecular weight excluding hydrogens is 397 g/mol. The SMILES string of the molecule is CS(=O)(=O)OC1CC2(CNC2C(=O)c2cc(OCc3ccccc3)ccc2F)C1. The van der Waals surface area contributed by atoms with Gasteiger partial charge in [-0.1, -0.05) is 30.3 Å². The highest BCUT2D eigenvalue weighted by atomic mass is 32.2. The quantitative estimate of drug-likeness (QED) is 0.549. The summed E-state index contributed by atoms with van der Waals surface area (Å²) >= 11 is 0. The summed E-state index contributed by atoms with van der Waals surface area (Å²) < 4.78 is 47.6. The van der Waals surface area contributed by atoms with E-state index in [2.05, 4.69) is 5.32 Å². The topological polar surface area (TPSA) is 81.7 Å². The second-order valence-electron chi connectivity index (χ2n) is 7.79. The van der Waals surface area contributed by atoms with Gasteiger partial charge in [-0.15, -0.1) is 0 Å². The number of ether oxygens (including phenoxy) is 1. The molecule has 0 aromatic heterocycles. The van der Waals surface area contributed by atoms with E-state index in [9.17, 15) is 17.6 Å². The van der Waals surface area contributed by atoms with Crippen LogP contribution in [-0.2, 0) is 20.9 Å². The summed E-state index contributed by atoms with van der Waals surface area (Å²) in [6, 6.07) is 13.2. The first kappa shape index (κ1) is 20.0. The van der Waals surface area contributed by atoms with E-state index >= 15 is 0 Å². The van der Waals surface area contributed by atoms with Crippen LogP contribution in [0.25, 0.3) is 0 Å². The maximum absolute atomic E-state index is 14.4. The van der Waals surface area contributed by atoms with Gasteiger partial charge in [-0.05, 0) is 36.6 Å². The van der Waals surface area contributed by atoms with Crippen LogP contribution in [-0.4, -0.2) is 39.1 Å². The van der Waals surface area contributed by atoms with Gasteiger partial charge in [0.15, 0.2) is 5.78 Å². The number of nitrogens with one attached hydrogen (secondary N) is 1. The number of hydrogen-bond acceptors (Lipinski definition) is 6. The largest absolute Gasteiger partial charge is 0.489 e. The molecule has 154 valence electrons. The minimum Gasteiger partial charge on any atom is -0.489 e. The summed E-state index contributed by atoms with van der Waals surface area (Å²) in [5.41, 5.74) is 0.565. The second-order valence-corrected chi connectivity index (χ2v) is 9.39. The number of Topliss-reactive ketones (excluding diaryl/α,β-unsaturated/α-hetero) is 1. The Hall–Kier alpha value is -2.29. The summed E-state index contributed by atoms with van der Waals surface area (Å²) in [6.45, 7) is 0.898. The maximum atomic E-state index is 14.4. The van der Waals surface area contributed by atoms with Gasteiger partial charge in [0.1, 0.15) is 18.2 Å². The van der Waals surface area contributed by atoms with E-state index in [1.165, 1.54) is 18.2 Å². The molecule has 2 aliphatic rings. The Bertz CT molecular complexity index is 1020. The van der Waals surface area contributed by atoms with Gasteiger partial charge >= 0.3 is 0 Å². The van der Waals surface area contributed by atoms with Crippen molar-refractivity contribution >= 4 is 15.9 Å². The highest BCUT2D eigenvalue weighted by Crippen LogP contribution is 2.51. The molecule has 1 aliphatic carbocycles. The van der Waals surface area contributed by atoms with Crippen LogP contribution in [0.15, 0.2) is 48.5 Å². The molecule has 6 nitrogen and oxygen atoms in total. The molecule has 0 radical (unpaired) electrons. The van der Waals surface area contributed by atoms with E-state index in [4.69, 9.17) is 8.92 Å². The number of rotatable bonds is 7. The van der Waals surface area contributed by atoms with Crippen molar-refractivity contribution in [1.29, 1.82) is 0 Å².